The number of pyridine rings is 1. The largest absolute Gasteiger partial charge is 0.505 e. The molecule has 1 fully saturated rings. The number of anilines is 1. The minimum absolute atomic E-state index is 0.206. The Morgan fingerprint density at radius 1 is 0.960 bits per heavy atom. The molecule has 2 heterocycles. The second kappa shape index (κ2) is 6.69. The number of hydrogen-bond acceptors (Lipinski definition) is 4. The third-order valence-electron chi connectivity index (χ3n) is 4.79. The van der Waals surface area contributed by atoms with Crippen molar-refractivity contribution in [3.63, 3.8) is 0 Å². The first-order valence-electron chi connectivity index (χ1n) is 8.49. The molecule has 1 aliphatic heterocycles. The summed E-state index contributed by atoms with van der Waals surface area (Å²) in [5.74, 6) is 0.0711. The fourth-order valence-electron chi connectivity index (χ4n) is 3.36. The first-order valence-corrected chi connectivity index (χ1v) is 8.49. The van der Waals surface area contributed by atoms with Crippen LogP contribution in [0.3, 0.4) is 0 Å². The van der Waals surface area contributed by atoms with E-state index in [1.165, 1.54) is 12.1 Å². The average molecular weight is 337 g/mol. The van der Waals surface area contributed by atoms with Gasteiger partial charge in [-0.15, -0.1) is 0 Å². The molecule has 2 aromatic carbocycles. The van der Waals surface area contributed by atoms with Gasteiger partial charge in [-0.1, -0.05) is 18.2 Å². The highest BCUT2D eigenvalue weighted by molar-refractivity contribution is 5.85. The molecular weight excluding hydrogens is 317 g/mol. The maximum atomic E-state index is 13.1. The van der Waals surface area contributed by atoms with Gasteiger partial charge < -0.3 is 10.0 Å². The zero-order chi connectivity index (χ0) is 17.2. The average Bonchev–Trinajstić information content (AvgIpc) is 2.66. The molecule has 1 saturated heterocycles. The number of piperazine rings is 1. The fourth-order valence-corrected chi connectivity index (χ4v) is 3.36. The molecule has 0 radical (unpaired) electrons. The summed E-state index contributed by atoms with van der Waals surface area (Å²) in [6.45, 7) is 4.28. The van der Waals surface area contributed by atoms with Gasteiger partial charge in [0.25, 0.3) is 0 Å². The van der Waals surface area contributed by atoms with Crippen LogP contribution in [0.2, 0.25) is 0 Å². The van der Waals surface area contributed by atoms with Gasteiger partial charge in [0, 0.05) is 55.6 Å². The summed E-state index contributed by atoms with van der Waals surface area (Å²) in [6, 6.07) is 14.5. The molecule has 4 rings (SSSR count). The summed E-state index contributed by atoms with van der Waals surface area (Å²) in [7, 11) is 0. The second-order valence-corrected chi connectivity index (χ2v) is 6.39. The Kier molecular flexibility index (Phi) is 4.24. The lowest BCUT2D eigenvalue weighted by atomic mass is 10.1. The highest BCUT2D eigenvalue weighted by Crippen LogP contribution is 2.28. The summed E-state index contributed by atoms with van der Waals surface area (Å²) in [5, 5.41) is 11.4. The molecule has 25 heavy (non-hydrogen) atoms. The number of nitrogens with zero attached hydrogens (tertiary/aromatic N) is 3. The Morgan fingerprint density at radius 3 is 2.48 bits per heavy atom. The molecule has 0 bridgehead atoms. The minimum Gasteiger partial charge on any atom is -0.505 e. The van der Waals surface area contributed by atoms with Crippen molar-refractivity contribution < 1.29 is 9.50 Å². The molecule has 128 valence electrons. The zero-order valence-electron chi connectivity index (χ0n) is 13.9. The van der Waals surface area contributed by atoms with Crippen LogP contribution in [0.4, 0.5) is 10.1 Å². The van der Waals surface area contributed by atoms with Crippen molar-refractivity contribution in [3.8, 4) is 5.75 Å². The van der Waals surface area contributed by atoms with Crippen molar-refractivity contribution in [1.29, 1.82) is 0 Å². The van der Waals surface area contributed by atoms with E-state index in [0.29, 0.717) is 12.1 Å². The molecule has 0 aliphatic carbocycles. The van der Waals surface area contributed by atoms with Crippen molar-refractivity contribution in [2.45, 2.75) is 6.54 Å². The molecule has 0 saturated carbocycles. The predicted molar refractivity (Wildman–Crippen MR) is 97.3 cm³/mol. The lowest BCUT2D eigenvalue weighted by Crippen LogP contribution is -2.45. The van der Waals surface area contributed by atoms with Crippen LogP contribution in [0.5, 0.6) is 5.75 Å². The van der Waals surface area contributed by atoms with Gasteiger partial charge in [0.2, 0.25) is 0 Å². The standard InChI is InChI=1S/C20H20FN3O/c21-17-5-7-18(8-6-17)24-12-10-23(11-13-24)14-16-4-3-15-2-1-9-22-19(15)20(16)25/h1-9,25H,10-14H2. The third kappa shape index (κ3) is 3.28. The van der Waals surface area contributed by atoms with Gasteiger partial charge >= 0.3 is 0 Å². The second-order valence-electron chi connectivity index (χ2n) is 6.39. The molecule has 5 heteroatoms. The monoisotopic (exact) mass is 337 g/mol. The van der Waals surface area contributed by atoms with E-state index < -0.39 is 0 Å². The van der Waals surface area contributed by atoms with Crippen LogP contribution in [0.15, 0.2) is 54.7 Å². The highest BCUT2D eigenvalue weighted by atomic mass is 19.1. The lowest BCUT2D eigenvalue weighted by molar-refractivity contribution is 0.247. The van der Waals surface area contributed by atoms with Crippen molar-refractivity contribution in [1.82, 2.24) is 9.88 Å². The van der Waals surface area contributed by atoms with E-state index in [0.717, 1.165) is 42.8 Å². The Balaban J connectivity index is 1.43. The number of aromatic hydroxyl groups is 1. The molecule has 0 spiro atoms. The van der Waals surface area contributed by atoms with Gasteiger partial charge in [-0.3, -0.25) is 9.88 Å². The van der Waals surface area contributed by atoms with Crippen LogP contribution >= 0.6 is 0 Å². The van der Waals surface area contributed by atoms with Gasteiger partial charge in [0.05, 0.1) is 0 Å². The number of rotatable bonds is 3. The van der Waals surface area contributed by atoms with E-state index in [-0.39, 0.29) is 11.6 Å². The van der Waals surface area contributed by atoms with Crippen LogP contribution in [0.25, 0.3) is 10.9 Å². The first kappa shape index (κ1) is 15.8. The van der Waals surface area contributed by atoms with E-state index in [2.05, 4.69) is 14.8 Å². The van der Waals surface area contributed by atoms with Gasteiger partial charge in [-0.05, 0) is 30.3 Å². The summed E-state index contributed by atoms with van der Waals surface area (Å²) in [4.78, 5) is 8.87. The van der Waals surface area contributed by atoms with E-state index in [4.69, 9.17) is 0 Å². The fraction of sp³-hybridized carbons (Fsp3) is 0.250. The molecule has 1 aliphatic rings. The van der Waals surface area contributed by atoms with Gasteiger partial charge in [0.1, 0.15) is 17.1 Å². The van der Waals surface area contributed by atoms with Crippen molar-refractivity contribution in [2.24, 2.45) is 0 Å². The molecule has 0 unspecified atom stereocenters. The zero-order valence-corrected chi connectivity index (χ0v) is 13.9. The van der Waals surface area contributed by atoms with Crippen molar-refractivity contribution >= 4 is 16.6 Å². The van der Waals surface area contributed by atoms with Crippen LogP contribution in [-0.4, -0.2) is 41.2 Å². The van der Waals surface area contributed by atoms with Crippen LogP contribution in [-0.2, 0) is 6.54 Å². The summed E-state index contributed by atoms with van der Waals surface area (Å²) < 4.78 is 13.1. The Bertz CT molecular complexity index is 874. The summed E-state index contributed by atoms with van der Waals surface area (Å²) in [5.41, 5.74) is 2.62. The number of hydrogen-bond donors (Lipinski definition) is 1. The Hall–Kier alpha value is -2.66. The van der Waals surface area contributed by atoms with E-state index in [9.17, 15) is 9.50 Å². The van der Waals surface area contributed by atoms with Gasteiger partial charge in [-0.2, -0.15) is 0 Å². The predicted octanol–water partition coefficient (Wildman–Crippen LogP) is 3.40. The Labute approximate surface area is 146 Å². The maximum Gasteiger partial charge on any atom is 0.146 e. The van der Waals surface area contributed by atoms with Crippen molar-refractivity contribution in [3.05, 3.63) is 66.1 Å². The number of phenols is 1. The smallest absolute Gasteiger partial charge is 0.146 e. The highest BCUT2D eigenvalue weighted by Gasteiger charge is 2.19. The third-order valence-corrected chi connectivity index (χ3v) is 4.79. The normalized spacial score (nSPS) is 15.6. The van der Waals surface area contributed by atoms with E-state index >= 15 is 0 Å². The lowest BCUT2D eigenvalue weighted by Gasteiger charge is -2.36. The Morgan fingerprint density at radius 2 is 1.72 bits per heavy atom. The van der Waals surface area contributed by atoms with Crippen molar-refractivity contribution in [2.75, 3.05) is 31.1 Å². The molecule has 4 nitrogen and oxygen atoms in total. The number of aromatic nitrogens is 1. The van der Waals surface area contributed by atoms with Crippen LogP contribution in [0, 0.1) is 5.82 Å². The van der Waals surface area contributed by atoms with Gasteiger partial charge in [0.15, 0.2) is 0 Å². The maximum absolute atomic E-state index is 13.1. The molecule has 0 atom stereocenters. The van der Waals surface area contributed by atoms with Crippen LogP contribution < -0.4 is 4.90 Å². The first-order chi connectivity index (χ1) is 12.2. The number of halogens is 1. The quantitative estimate of drug-likeness (QED) is 0.795. The molecular formula is C20H20FN3O. The SMILES string of the molecule is Oc1c(CN2CCN(c3ccc(F)cc3)CC2)ccc2cccnc12. The molecule has 1 aromatic heterocycles. The molecule has 0 amide bonds. The number of fused-ring (bicyclic) bond motifs is 1. The summed E-state index contributed by atoms with van der Waals surface area (Å²) >= 11 is 0. The summed E-state index contributed by atoms with van der Waals surface area (Å²) in [6.07, 6.45) is 1.70. The molecule has 1 N–H and O–H groups in total. The van der Waals surface area contributed by atoms with Crippen LogP contribution in [0.1, 0.15) is 5.56 Å². The number of phenolic OH excluding ortho intramolecular Hbond substituents is 1. The molecule has 3 aromatic rings. The van der Waals surface area contributed by atoms with Gasteiger partial charge in [-0.25, -0.2) is 4.39 Å². The topological polar surface area (TPSA) is 39.6 Å². The number of benzene rings is 2. The minimum atomic E-state index is -0.206. The van der Waals surface area contributed by atoms with E-state index in [1.807, 2.05) is 36.4 Å². The van der Waals surface area contributed by atoms with E-state index in [1.54, 1.807) is 6.20 Å².